The molecule has 0 unspecified atom stereocenters. The molecule has 0 atom stereocenters. The smallest absolute Gasteiger partial charge is 0.222 e. The molecule has 2 rings (SSSR count). The lowest BCUT2D eigenvalue weighted by atomic mass is 10.3. The summed E-state index contributed by atoms with van der Waals surface area (Å²) in [5, 5.41) is 3.07. The molecule has 0 aliphatic heterocycles. The molecule has 1 aromatic carbocycles. The first-order chi connectivity index (χ1) is 7.56. The summed E-state index contributed by atoms with van der Waals surface area (Å²) in [4.78, 5) is 19.2. The monoisotopic (exact) mass is 236 g/mol. The number of nitrogen functional groups attached to an aromatic ring is 1. The van der Waals surface area contributed by atoms with Gasteiger partial charge in [-0.2, -0.15) is 0 Å². The molecule has 0 fully saturated rings. The van der Waals surface area contributed by atoms with Gasteiger partial charge in [-0.3, -0.25) is 4.79 Å². The van der Waals surface area contributed by atoms with Crippen molar-refractivity contribution < 1.29 is 4.79 Å². The minimum atomic E-state index is -0.241. The van der Waals surface area contributed by atoms with Gasteiger partial charge in [-0.1, -0.05) is 11.6 Å². The summed E-state index contributed by atoms with van der Waals surface area (Å²) in [6, 6.07) is 5.08. The zero-order valence-corrected chi connectivity index (χ0v) is 9.25. The Kier molecular flexibility index (Phi) is 2.62. The van der Waals surface area contributed by atoms with Crippen molar-refractivity contribution in [3.63, 3.8) is 0 Å². The van der Waals surface area contributed by atoms with Gasteiger partial charge in [0.25, 0.3) is 0 Å². The van der Waals surface area contributed by atoms with Crippen molar-refractivity contribution in [3.8, 4) is 0 Å². The molecule has 6 heteroatoms. The van der Waals surface area contributed by atoms with Crippen LogP contribution in [0.2, 0.25) is 5.02 Å². The Morgan fingerprint density at radius 1 is 1.38 bits per heavy atom. The van der Waals surface area contributed by atoms with E-state index in [-0.39, 0.29) is 17.5 Å². The van der Waals surface area contributed by atoms with Crippen LogP contribution in [-0.4, -0.2) is 15.9 Å². The van der Waals surface area contributed by atoms with E-state index in [9.17, 15) is 4.79 Å². The normalized spacial score (nSPS) is 10.4. The van der Waals surface area contributed by atoms with Gasteiger partial charge in [-0.15, -0.1) is 0 Å². The van der Waals surface area contributed by atoms with Crippen LogP contribution in [-0.2, 0) is 4.79 Å². The van der Waals surface area contributed by atoms with E-state index in [2.05, 4.69) is 15.3 Å². The maximum atomic E-state index is 10.9. The van der Waals surface area contributed by atoms with Crippen molar-refractivity contribution in [1.29, 1.82) is 0 Å². The Bertz CT molecular complexity index is 570. The van der Waals surface area contributed by atoms with E-state index in [4.69, 9.17) is 17.3 Å². The average Bonchev–Trinajstić information content (AvgIpc) is 2.19. The third-order valence-electron chi connectivity index (χ3n) is 1.95. The number of amides is 1. The third kappa shape index (κ3) is 2.04. The number of aromatic nitrogens is 2. The van der Waals surface area contributed by atoms with Crippen LogP contribution in [0.25, 0.3) is 11.0 Å². The number of rotatable bonds is 1. The van der Waals surface area contributed by atoms with Crippen molar-refractivity contribution in [3.05, 3.63) is 23.2 Å². The lowest BCUT2D eigenvalue weighted by Crippen LogP contribution is -2.11. The molecule has 3 N–H and O–H groups in total. The molecule has 0 saturated carbocycles. The topological polar surface area (TPSA) is 80.9 Å². The number of carbonyl (C=O) groups is 1. The molecule has 1 amide bonds. The zero-order valence-electron chi connectivity index (χ0n) is 8.49. The number of hydrogen-bond donors (Lipinski definition) is 2. The minimum Gasteiger partial charge on any atom is -0.381 e. The van der Waals surface area contributed by atoms with Crippen LogP contribution in [0.4, 0.5) is 11.6 Å². The van der Waals surface area contributed by atoms with Gasteiger partial charge in [-0.25, -0.2) is 9.97 Å². The van der Waals surface area contributed by atoms with E-state index < -0.39 is 0 Å². The summed E-state index contributed by atoms with van der Waals surface area (Å²) in [5.74, 6) is 0.196. The second-order valence-corrected chi connectivity index (χ2v) is 3.71. The van der Waals surface area contributed by atoms with Crippen LogP contribution in [0.3, 0.4) is 0 Å². The first-order valence-corrected chi connectivity index (χ1v) is 4.94. The fourth-order valence-electron chi connectivity index (χ4n) is 1.30. The molecule has 0 radical (unpaired) electrons. The van der Waals surface area contributed by atoms with E-state index in [0.29, 0.717) is 16.1 Å². The van der Waals surface area contributed by atoms with E-state index in [1.807, 2.05) is 0 Å². The Labute approximate surface area is 96.6 Å². The standard InChI is InChI=1S/C10H9ClN4O/c1-5(16)13-10-9(12)14-8-4-6(11)2-3-7(8)15-10/h2-4H,1H3,(H2,12,14)(H,13,15,16). The number of carbonyl (C=O) groups excluding carboxylic acids is 1. The summed E-state index contributed by atoms with van der Waals surface area (Å²) in [7, 11) is 0. The summed E-state index contributed by atoms with van der Waals surface area (Å²) < 4.78 is 0. The van der Waals surface area contributed by atoms with Gasteiger partial charge in [0.05, 0.1) is 11.0 Å². The highest BCUT2D eigenvalue weighted by Crippen LogP contribution is 2.21. The van der Waals surface area contributed by atoms with Crippen molar-refractivity contribution in [1.82, 2.24) is 9.97 Å². The van der Waals surface area contributed by atoms with Gasteiger partial charge in [0.15, 0.2) is 11.6 Å². The van der Waals surface area contributed by atoms with Crippen LogP contribution >= 0.6 is 11.6 Å². The summed E-state index contributed by atoms with van der Waals surface area (Å²) in [6.07, 6.45) is 0. The van der Waals surface area contributed by atoms with E-state index in [1.54, 1.807) is 18.2 Å². The van der Waals surface area contributed by atoms with Crippen molar-refractivity contribution in [2.24, 2.45) is 0 Å². The highest BCUT2D eigenvalue weighted by Gasteiger charge is 2.07. The first-order valence-electron chi connectivity index (χ1n) is 4.56. The number of anilines is 2. The Morgan fingerprint density at radius 2 is 2.12 bits per heavy atom. The molecule has 0 bridgehead atoms. The number of nitrogens with two attached hydrogens (primary N) is 1. The fraction of sp³-hybridized carbons (Fsp3) is 0.100. The van der Waals surface area contributed by atoms with Crippen LogP contribution < -0.4 is 11.1 Å². The van der Waals surface area contributed by atoms with E-state index in [1.165, 1.54) is 6.92 Å². The fourth-order valence-corrected chi connectivity index (χ4v) is 1.47. The molecule has 0 spiro atoms. The Hall–Kier alpha value is -1.88. The van der Waals surface area contributed by atoms with E-state index >= 15 is 0 Å². The molecule has 1 heterocycles. The molecule has 0 aliphatic carbocycles. The summed E-state index contributed by atoms with van der Waals surface area (Å²) in [5.41, 5.74) is 6.88. The molecule has 2 aromatic rings. The lowest BCUT2D eigenvalue weighted by Gasteiger charge is -2.06. The van der Waals surface area contributed by atoms with Gasteiger partial charge >= 0.3 is 0 Å². The third-order valence-corrected chi connectivity index (χ3v) is 2.18. The largest absolute Gasteiger partial charge is 0.381 e. The summed E-state index contributed by atoms with van der Waals surface area (Å²) >= 11 is 5.82. The SMILES string of the molecule is CC(=O)Nc1nc2ccc(Cl)cc2nc1N. The molecule has 5 nitrogen and oxygen atoms in total. The second kappa shape index (κ2) is 3.94. The van der Waals surface area contributed by atoms with Crippen molar-refractivity contribution >= 4 is 40.2 Å². The maximum absolute atomic E-state index is 10.9. The predicted octanol–water partition coefficient (Wildman–Crippen LogP) is 1.82. The predicted molar refractivity (Wildman–Crippen MR) is 63.3 cm³/mol. The van der Waals surface area contributed by atoms with Gasteiger partial charge in [-0.05, 0) is 18.2 Å². The van der Waals surface area contributed by atoms with E-state index in [0.717, 1.165) is 0 Å². The Morgan fingerprint density at radius 3 is 2.81 bits per heavy atom. The lowest BCUT2D eigenvalue weighted by molar-refractivity contribution is -0.114. The number of fused-ring (bicyclic) bond motifs is 1. The highest BCUT2D eigenvalue weighted by atomic mass is 35.5. The minimum absolute atomic E-state index is 0.171. The van der Waals surface area contributed by atoms with Crippen LogP contribution in [0.5, 0.6) is 0 Å². The second-order valence-electron chi connectivity index (χ2n) is 3.27. The molecule has 0 aliphatic rings. The van der Waals surface area contributed by atoms with Crippen LogP contribution in [0, 0.1) is 0 Å². The summed E-state index contributed by atoms with van der Waals surface area (Å²) in [6.45, 7) is 1.38. The van der Waals surface area contributed by atoms with Crippen LogP contribution in [0.15, 0.2) is 18.2 Å². The number of halogens is 1. The number of hydrogen-bond acceptors (Lipinski definition) is 4. The van der Waals surface area contributed by atoms with Crippen LogP contribution in [0.1, 0.15) is 6.92 Å². The Balaban J connectivity index is 2.58. The van der Waals surface area contributed by atoms with Gasteiger partial charge in [0.2, 0.25) is 5.91 Å². The van der Waals surface area contributed by atoms with Crippen molar-refractivity contribution in [2.75, 3.05) is 11.1 Å². The quantitative estimate of drug-likeness (QED) is 0.792. The zero-order chi connectivity index (χ0) is 11.7. The average molecular weight is 237 g/mol. The molecule has 0 saturated heterocycles. The highest BCUT2D eigenvalue weighted by molar-refractivity contribution is 6.31. The molecular formula is C10H9ClN4O. The van der Waals surface area contributed by atoms with Crippen molar-refractivity contribution in [2.45, 2.75) is 6.92 Å². The molecule has 16 heavy (non-hydrogen) atoms. The maximum Gasteiger partial charge on any atom is 0.222 e. The molecule has 82 valence electrons. The first kappa shape index (κ1) is 10.6. The van der Waals surface area contributed by atoms with Gasteiger partial charge in [0.1, 0.15) is 0 Å². The number of benzene rings is 1. The van der Waals surface area contributed by atoms with Gasteiger partial charge < -0.3 is 11.1 Å². The van der Waals surface area contributed by atoms with Gasteiger partial charge in [0, 0.05) is 11.9 Å². The molecule has 1 aromatic heterocycles. The molecular weight excluding hydrogens is 228 g/mol. The number of nitrogens with one attached hydrogen (secondary N) is 1. The number of nitrogens with zero attached hydrogens (tertiary/aromatic N) is 2.